The number of rotatable bonds is 8. The van der Waals surface area contributed by atoms with Crippen LogP contribution < -0.4 is 16.0 Å². The van der Waals surface area contributed by atoms with Gasteiger partial charge in [-0.25, -0.2) is 15.0 Å². The Bertz CT molecular complexity index is 974. The van der Waals surface area contributed by atoms with Crippen molar-refractivity contribution < 1.29 is 4.79 Å². The molecule has 0 unspecified atom stereocenters. The number of amides is 1. The van der Waals surface area contributed by atoms with E-state index in [1.165, 1.54) is 12.4 Å². The van der Waals surface area contributed by atoms with E-state index in [1.807, 2.05) is 49.3 Å². The molecule has 0 bridgehead atoms. The molecule has 0 atom stereocenters. The van der Waals surface area contributed by atoms with Gasteiger partial charge in [0.2, 0.25) is 5.91 Å². The standard InChI is InChI=1S/C21H23N7O/c1-28(2)13-7-12-21(29)27-18-11-6-10-17(25-18)26-20-14-19(22-15-23-20)24-16-8-4-3-5-9-16/h3-12,14-15H,13H2,1-2H3,(H3,22,23,24,25,26,27,29). The molecule has 1 amide bonds. The highest BCUT2D eigenvalue weighted by molar-refractivity contribution is 5.98. The number of hydrogen-bond donors (Lipinski definition) is 3. The minimum Gasteiger partial charge on any atom is -0.340 e. The second kappa shape index (κ2) is 9.95. The molecule has 0 saturated carbocycles. The lowest BCUT2D eigenvalue weighted by molar-refractivity contribution is -0.111. The Morgan fingerprint density at radius 2 is 1.66 bits per heavy atom. The van der Waals surface area contributed by atoms with Gasteiger partial charge in [-0.15, -0.1) is 0 Å². The first kappa shape index (κ1) is 20.0. The third kappa shape index (κ3) is 6.71. The first-order valence-corrected chi connectivity index (χ1v) is 9.09. The summed E-state index contributed by atoms with van der Waals surface area (Å²) in [5.74, 6) is 2.02. The first-order valence-electron chi connectivity index (χ1n) is 9.09. The van der Waals surface area contributed by atoms with E-state index >= 15 is 0 Å². The van der Waals surface area contributed by atoms with Crippen LogP contribution in [0.3, 0.4) is 0 Å². The van der Waals surface area contributed by atoms with Crippen molar-refractivity contribution in [1.82, 2.24) is 19.9 Å². The molecule has 2 heterocycles. The zero-order chi connectivity index (χ0) is 20.5. The van der Waals surface area contributed by atoms with Crippen LogP contribution in [0.1, 0.15) is 0 Å². The third-order valence-electron chi connectivity index (χ3n) is 3.71. The van der Waals surface area contributed by atoms with Crippen molar-refractivity contribution >= 4 is 34.9 Å². The average molecular weight is 389 g/mol. The summed E-state index contributed by atoms with van der Waals surface area (Å²) >= 11 is 0. The molecule has 0 fully saturated rings. The smallest absolute Gasteiger partial charge is 0.249 e. The number of hydrogen-bond acceptors (Lipinski definition) is 7. The molecular formula is C21H23N7O. The van der Waals surface area contributed by atoms with E-state index in [9.17, 15) is 4.79 Å². The number of nitrogens with zero attached hydrogens (tertiary/aromatic N) is 4. The topological polar surface area (TPSA) is 95.1 Å². The molecule has 148 valence electrons. The van der Waals surface area contributed by atoms with Gasteiger partial charge in [0.15, 0.2) is 0 Å². The van der Waals surface area contributed by atoms with Crippen LogP contribution >= 0.6 is 0 Å². The molecule has 0 aliphatic rings. The number of likely N-dealkylation sites (N-methyl/N-ethyl adjacent to an activating group) is 1. The Kier molecular flexibility index (Phi) is 6.85. The van der Waals surface area contributed by atoms with Gasteiger partial charge in [0.1, 0.15) is 29.6 Å². The van der Waals surface area contributed by atoms with Gasteiger partial charge >= 0.3 is 0 Å². The SMILES string of the molecule is CN(C)CC=CC(=O)Nc1cccc(Nc2cc(Nc3ccccc3)ncn2)n1. The number of nitrogens with one attached hydrogen (secondary N) is 3. The van der Waals surface area contributed by atoms with Gasteiger partial charge in [0.05, 0.1) is 0 Å². The maximum absolute atomic E-state index is 12.0. The van der Waals surface area contributed by atoms with Crippen molar-refractivity contribution in [2.75, 3.05) is 36.6 Å². The molecule has 3 N–H and O–H groups in total. The molecule has 3 rings (SSSR count). The summed E-state index contributed by atoms with van der Waals surface area (Å²) in [7, 11) is 3.87. The lowest BCUT2D eigenvalue weighted by atomic mass is 10.3. The fourth-order valence-corrected chi connectivity index (χ4v) is 2.41. The molecule has 8 nitrogen and oxygen atoms in total. The summed E-state index contributed by atoms with van der Waals surface area (Å²) in [6.45, 7) is 0.690. The Labute approximate surface area is 169 Å². The number of carbonyl (C=O) groups excluding carboxylic acids is 1. The highest BCUT2D eigenvalue weighted by Gasteiger charge is 2.04. The summed E-state index contributed by atoms with van der Waals surface area (Å²) in [5.41, 5.74) is 0.933. The van der Waals surface area contributed by atoms with Crippen LogP contribution in [-0.2, 0) is 4.79 Å². The monoisotopic (exact) mass is 389 g/mol. The van der Waals surface area contributed by atoms with E-state index in [-0.39, 0.29) is 5.91 Å². The zero-order valence-electron chi connectivity index (χ0n) is 16.3. The highest BCUT2D eigenvalue weighted by Crippen LogP contribution is 2.19. The van der Waals surface area contributed by atoms with Crippen LogP contribution in [0.25, 0.3) is 0 Å². The molecule has 2 aromatic heterocycles. The van der Waals surface area contributed by atoms with Gasteiger partial charge in [-0.3, -0.25) is 4.79 Å². The van der Waals surface area contributed by atoms with Gasteiger partial charge in [-0.1, -0.05) is 30.3 Å². The third-order valence-corrected chi connectivity index (χ3v) is 3.71. The quantitative estimate of drug-likeness (QED) is 0.508. The summed E-state index contributed by atoms with van der Waals surface area (Å²) in [6, 6.07) is 16.9. The van der Waals surface area contributed by atoms with Gasteiger partial charge < -0.3 is 20.9 Å². The second-order valence-electron chi connectivity index (χ2n) is 6.47. The molecule has 0 radical (unpaired) electrons. The van der Waals surface area contributed by atoms with Gasteiger partial charge in [0, 0.05) is 24.4 Å². The predicted molar refractivity (Wildman–Crippen MR) is 116 cm³/mol. The van der Waals surface area contributed by atoms with Crippen LogP contribution in [0.4, 0.5) is 29.0 Å². The largest absolute Gasteiger partial charge is 0.340 e. The predicted octanol–water partition coefficient (Wildman–Crippen LogP) is 3.42. The second-order valence-corrected chi connectivity index (χ2v) is 6.47. The number of anilines is 5. The zero-order valence-corrected chi connectivity index (χ0v) is 16.3. The molecule has 29 heavy (non-hydrogen) atoms. The Balaban J connectivity index is 1.63. The first-order chi connectivity index (χ1) is 14.1. The fourth-order valence-electron chi connectivity index (χ4n) is 2.41. The highest BCUT2D eigenvalue weighted by atomic mass is 16.1. The van der Waals surface area contributed by atoms with E-state index in [1.54, 1.807) is 30.3 Å². The molecular weight excluding hydrogens is 366 g/mol. The molecule has 0 spiro atoms. The van der Waals surface area contributed by atoms with Crippen molar-refractivity contribution in [3.63, 3.8) is 0 Å². The van der Waals surface area contributed by atoms with Crippen LogP contribution in [-0.4, -0.2) is 46.4 Å². The normalized spacial score (nSPS) is 10.9. The van der Waals surface area contributed by atoms with Crippen molar-refractivity contribution in [1.29, 1.82) is 0 Å². The van der Waals surface area contributed by atoms with Crippen LogP contribution in [0.15, 0.2) is 73.1 Å². The van der Waals surface area contributed by atoms with Crippen molar-refractivity contribution in [3.8, 4) is 0 Å². The summed E-state index contributed by atoms with van der Waals surface area (Å²) in [4.78, 5) is 26.8. The molecule has 0 saturated heterocycles. The van der Waals surface area contributed by atoms with Gasteiger partial charge in [-0.2, -0.15) is 0 Å². The maximum Gasteiger partial charge on any atom is 0.249 e. The van der Waals surface area contributed by atoms with Crippen molar-refractivity contribution in [2.24, 2.45) is 0 Å². The lowest BCUT2D eigenvalue weighted by Gasteiger charge is -2.09. The molecule has 0 aliphatic carbocycles. The molecule has 1 aromatic carbocycles. The molecule has 0 aliphatic heterocycles. The van der Waals surface area contributed by atoms with E-state index in [0.717, 1.165) is 5.69 Å². The minimum absolute atomic E-state index is 0.229. The Hall–Kier alpha value is -3.78. The van der Waals surface area contributed by atoms with Crippen LogP contribution in [0.5, 0.6) is 0 Å². The van der Waals surface area contributed by atoms with E-state index in [0.29, 0.717) is 29.8 Å². The lowest BCUT2D eigenvalue weighted by Crippen LogP contribution is -2.13. The summed E-state index contributed by atoms with van der Waals surface area (Å²) in [5, 5.41) is 9.08. The van der Waals surface area contributed by atoms with Crippen LogP contribution in [0, 0.1) is 0 Å². The molecule has 8 heteroatoms. The van der Waals surface area contributed by atoms with E-state index in [4.69, 9.17) is 0 Å². The maximum atomic E-state index is 12.0. The number of aromatic nitrogens is 3. The summed E-state index contributed by atoms with van der Waals surface area (Å²) < 4.78 is 0. The number of pyridine rings is 1. The minimum atomic E-state index is -0.229. The molecule has 3 aromatic rings. The number of carbonyl (C=O) groups is 1. The van der Waals surface area contributed by atoms with Crippen molar-refractivity contribution in [3.05, 3.63) is 73.1 Å². The van der Waals surface area contributed by atoms with Crippen LogP contribution in [0.2, 0.25) is 0 Å². The Morgan fingerprint density at radius 1 is 0.931 bits per heavy atom. The van der Waals surface area contributed by atoms with E-state index in [2.05, 4.69) is 30.9 Å². The van der Waals surface area contributed by atoms with Gasteiger partial charge in [0.25, 0.3) is 0 Å². The number of para-hydroxylation sites is 1. The number of benzene rings is 1. The summed E-state index contributed by atoms with van der Waals surface area (Å²) in [6.07, 6.45) is 4.75. The fraction of sp³-hybridized carbons (Fsp3) is 0.143. The Morgan fingerprint density at radius 3 is 2.41 bits per heavy atom. The van der Waals surface area contributed by atoms with Crippen molar-refractivity contribution in [2.45, 2.75) is 0 Å². The average Bonchev–Trinajstić information content (AvgIpc) is 2.69. The van der Waals surface area contributed by atoms with Gasteiger partial charge in [-0.05, 0) is 38.4 Å². The van der Waals surface area contributed by atoms with E-state index < -0.39 is 0 Å².